The lowest BCUT2D eigenvalue weighted by Crippen LogP contribution is -2.14. The Hall–Kier alpha value is -2.76. The Balaban J connectivity index is 2.23. The molecule has 0 radical (unpaired) electrons. The molecule has 0 saturated heterocycles. The van der Waals surface area contributed by atoms with Crippen LogP contribution >= 0.6 is 0 Å². The molecule has 0 aliphatic carbocycles. The van der Waals surface area contributed by atoms with Gasteiger partial charge in [-0.15, -0.1) is 0 Å². The van der Waals surface area contributed by atoms with E-state index >= 15 is 0 Å². The maximum Gasteiger partial charge on any atom is 0.416 e. The smallest absolute Gasteiger partial charge is 0.416 e. The Labute approximate surface area is 144 Å². The van der Waals surface area contributed by atoms with Crippen molar-refractivity contribution in [2.75, 3.05) is 6.61 Å². The van der Waals surface area contributed by atoms with E-state index in [1.54, 1.807) is 6.92 Å². The third-order valence-electron chi connectivity index (χ3n) is 3.40. The van der Waals surface area contributed by atoms with E-state index < -0.39 is 17.7 Å². The number of hydrogen-bond acceptors (Lipinski definition) is 3. The van der Waals surface area contributed by atoms with Crippen LogP contribution in [0.1, 0.15) is 23.6 Å². The maximum atomic E-state index is 12.7. The molecule has 0 unspecified atom stereocenters. The van der Waals surface area contributed by atoms with E-state index in [1.807, 2.05) is 30.3 Å². The fourth-order valence-electron chi connectivity index (χ4n) is 2.17. The molecule has 6 heteroatoms. The average Bonchev–Trinajstić information content (AvgIpc) is 2.59. The monoisotopic (exact) mass is 349 g/mol. The van der Waals surface area contributed by atoms with Crippen LogP contribution in [0.25, 0.3) is 5.70 Å². The molecule has 2 aromatic rings. The number of ether oxygens (including phenoxy) is 1. The summed E-state index contributed by atoms with van der Waals surface area (Å²) < 4.78 is 43.0. The van der Waals surface area contributed by atoms with Gasteiger partial charge < -0.3 is 10.1 Å². The molecule has 0 aromatic heterocycles. The molecule has 0 saturated carbocycles. The molecule has 25 heavy (non-hydrogen) atoms. The Kier molecular flexibility index (Phi) is 6.22. The fourth-order valence-corrected chi connectivity index (χ4v) is 2.17. The summed E-state index contributed by atoms with van der Waals surface area (Å²) in [6.45, 7) is 2.32. The van der Waals surface area contributed by atoms with Gasteiger partial charge in [-0.05, 0) is 30.2 Å². The van der Waals surface area contributed by atoms with Crippen LogP contribution in [0.5, 0.6) is 0 Å². The SMILES string of the molecule is CCOC(=O)/C=C(\NCc1ccccc1)c1ccc(C(F)(F)F)cc1. The molecule has 0 fully saturated rings. The molecular weight excluding hydrogens is 331 g/mol. The summed E-state index contributed by atoms with van der Waals surface area (Å²) in [7, 11) is 0. The van der Waals surface area contributed by atoms with Gasteiger partial charge in [-0.3, -0.25) is 0 Å². The highest BCUT2D eigenvalue weighted by atomic mass is 19.4. The summed E-state index contributed by atoms with van der Waals surface area (Å²) in [6.07, 6.45) is -3.16. The quantitative estimate of drug-likeness (QED) is 0.621. The molecule has 3 nitrogen and oxygen atoms in total. The topological polar surface area (TPSA) is 38.3 Å². The normalized spacial score (nSPS) is 11.9. The highest BCUT2D eigenvalue weighted by Gasteiger charge is 2.30. The minimum Gasteiger partial charge on any atom is -0.463 e. The van der Waals surface area contributed by atoms with Crippen LogP contribution in [0.15, 0.2) is 60.7 Å². The van der Waals surface area contributed by atoms with Crippen molar-refractivity contribution in [3.05, 3.63) is 77.4 Å². The van der Waals surface area contributed by atoms with Gasteiger partial charge in [-0.1, -0.05) is 42.5 Å². The molecule has 0 atom stereocenters. The van der Waals surface area contributed by atoms with E-state index in [0.29, 0.717) is 17.8 Å². The van der Waals surface area contributed by atoms with Gasteiger partial charge in [-0.25, -0.2) is 4.79 Å². The summed E-state index contributed by atoms with van der Waals surface area (Å²) in [4.78, 5) is 11.7. The van der Waals surface area contributed by atoms with Crippen LogP contribution in [0.3, 0.4) is 0 Å². The van der Waals surface area contributed by atoms with Gasteiger partial charge in [0.25, 0.3) is 0 Å². The lowest BCUT2D eigenvalue weighted by atomic mass is 10.1. The first-order valence-electron chi connectivity index (χ1n) is 7.74. The summed E-state index contributed by atoms with van der Waals surface area (Å²) in [5.74, 6) is -0.557. The van der Waals surface area contributed by atoms with Crippen molar-refractivity contribution in [3.63, 3.8) is 0 Å². The number of carbonyl (C=O) groups is 1. The van der Waals surface area contributed by atoms with Gasteiger partial charge in [0.15, 0.2) is 0 Å². The molecule has 132 valence electrons. The first kappa shape index (κ1) is 18.6. The molecule has 0 amide bonds. The fraction of sp³-hybridized carbons (Fsp3) is 0.211. The third kappa shape index (κ3) is 5.67. The second kappa shape index (κ2) is 8.37. The van der Waals surface area contributed by atoms with Crippen molar-refractivity contribution in [2.45, 2.75) is 19.6 Å². The predicted molar refractivity (Wildman–Crippen MR) is 89.3 cm³/mol. The lowest BCUT2D eigenvalue weighted by Gasteiger charge is -2.13. The Bertz CT molecular complexity index is 723. The minimum atomic E-state index is -4.40. The van der Waals surface area contributed by atoms with Crippen LogP contribution in [-0.4, -0.2) is 12.6 Å². The van der Waals surface area contributed by atoms with Gasteiger partial charge in [-0.2, -0.15) is 13.2 Å². The number of carbonyl (C=O) groups excluding carboxylic acids is 1. The zero-order chi connectivity index (χ0) is 18.3. The lowest BCUT2D eigenvalue weighted by molar-refractivity contribution is -0.138. The Morgan fingerprint density at radius 1 is 1.08 bits per heavy atom. The first-order valence-corrected chi connectivity index (χ1v) is 7.74. The summed E-state index contributed by atoms with van der Waals surface area (Å²) in [6, 6.07) is 14.1. The van der Waals surface area contributed by atoms with Crippen LogP contribution < -0.4 is 5.32 Å². The number of hydrogen-bond donors (Lipinski definition) is 1. The number of rotatable bonds is 6. The zero-order valence-corrected chi connectivity index (χ0v) is 13.6. The van der Waals surface area contributed by atoms with Crippen LogP contribution in [-0.2, 0) is 22.3 Å². The van der Waals surface area contributed by atoms with Crippen LogP contribution in [0, 0.1) is 0 Å². The number of esters is 1. The highest BCUT2D eigenvalue weighted by molar-refractivity contribution is 5.90. The number of alkyl halides is 3. The molecule has 2 aromatic carbocycles. The van der Waals surface area contributed by atoms with Crippen molar-refractivity contribution in [2.24, 2.45) is 0 Å². The molecule has 0 aliphatic rings. The van der Waals surface area contributed by atoms with Gasteiger partial charge in [0.1, 0.15) is 0 Å². The molecular formula is C19H18F3NO2. The van der Waals surface area contributed by atoms with Gasteiger partial charge >= 0.3 is 12.1 Å². The minimum absolute atomic E-state index is 0.217. The van der Waals surface area contributed by atoms with E-state index in [0.717, 1.165) is 17.7 Å². The van der Waals surface area contributed by atoms with Gasteiger partial charge in [0, 0.05) is 18.3 Å². The van der Waals surface area contributed by atoms with Gasteiger partial charge in [0.05, 0.1) is 12.2 Å². The first-order chi connectivity index (χ1) is 11.9. The highest BCUT2D eigenvalue weighted by Crippen LogP contribution is 2.29. The largest absolute Gasteiger partial charge is 0.463 e. The van der Waals surface area contributed by atoms with E-state index in [1.165, 1.54) is 18.2 Å². The second-order valence-electron chi connectivity index (χ2n) is 5.22. The summed E-state index contributed by atoms with van der Waals surface area (Å²) in [5, 5.41) is 3.08. The molecule has 1 N–H and O–H groups in total. The van der Waals surface area contributed by atoms with E-state index in [2.05, 4.69) is 5.32 Å². The van der Waals surface area contributed by atoms with Crippen molar-refractivity contribution in [1.82, 2.24) is 5.32 Å². The predicted octanol–water partition coefficient (Wildman–Crippen LogP) is 4.40. The number of halogens is 3. The molecule has 0 bridgehead atoms. The van der Waals surface area contributed by atoms with E-state index in [4.69, 9.17) is 4.74 Å². The summed E-state index contributed by atoms with van der Waals surface area (Å²) in [5.41, 5.74) is 1.10. The number of nitrogens with one attached hydrogen (secondary N) is 1. The van der Waals surface area contributed by atoms with E-state index in [9.17, 15) is 18.0 Å². The second-order valence-corrected chi connectivity index (χ2v) is 5.22. The van der Waals surface area contributed by atoms with Crippen molar-refractivity contribution >= 4 is 11.7 Å². The van der Waals surface area contributed by atoms with Gasteiger partial charge in [0.2, 0.25) is 0 Å². The maximum absolute atomic E-state index is 12.7. The Morgan fingerprint density at radius 3 is 2.28 bits per heavy atom. The average molecular weight is 349 g/mol. The molecule has 0 heterocycles. The van der Waals surface area contributed by atoms with Crippen LogP contribution in [0.4, 0.5) is 13.2 Å². The standard InChI is InChI=1S/C19H18F3NO2/c1-2-25-18(24)12-17(23-13-14-6-4-3-5-7-14)15-8-10-16(11-9-15)19(20,21)22/h3-12,23H,2,13H2,1H3/b17-12-. The van der Waals surface area contributed by atoms with Crippen molar-refractivity contribution < 1.29 is 22.7 Å². The molecule has 0 spiro atoms. The van der Waals surface area contributed by atoms with E-state index in [-0.39, 0.29) is 6.61 Å². The zero-order valence-electron chi connectivity index (χ0n) is 13.6. The number of benzene rings is 2. The van der Waals surface area contributed by atoms with Crippen LogP contribution in [0.2, 0.25) is 0 Å². The Morgan fingerprint density at radius 2 is 1.72 bits per heavy atom. The molecule has 2 rings (SSSR count). The summed E-state index contributed by atoms with van der Waals surface area (Å²) >= 11 is 0. The van der Waals surface area contributed by atoms with Crippen molar-refractivity contribution in [3.8, 4) is 0 Å². The molecule has 0 aliphatic heterocycles. The third-order valence-corrected chi connectivity index (χ3v) is 3.40. The van der Waals surface area contributed by atoms with Crippen molar-refractivity contribution in [1.29, 1.82) is 0 Å².